The first-order valence-corrected chi connectivity index (χ1v) is 10.3. The van der Waals surface area contributed by atoms with E-state index in [1.807, 2.05) is 78.9 Å². The summed E-state index contributed by atoms with van der Waals surface area (Å²) in [5.74, 6) is 0.243. The molecule has 5 heteroatoms. The van der Waals surface area contributed by atoms with E-state index in [2.05, 4.69) is 4.98 Å². The quantitative estimate of drug-likeness (QED) is 0.380. The lowest BCUT2D eigenvalue weighted by Crippen LogP contribution is -2.08. The minimum Gasteiger partial charge on any atom is -0.489 e. The first kappa shape index (κ1) is 21.1. The van der Waals surface area contributed by atoms with Gasteiger partial charge in [0.2, 0.25) is 5.88 Å². The third-order valence-corrected chi connectivity index (χ3v) is 5.05. The highest BCUT2D eigenvalue weighted by Crippen LogP contribution is 2.22. The fourth-order valence-electron chi connectivity index (χ4n) is 3.46. The maximum atomic E-state index is 11.6. The number of aromatic carboxylic acids is 1. The zero-order valence-corrected chi connectivity index (χ0v) is 17.7. The van der Waals surface area contributed by atoms with Crippen molar-refractivity contribution in [1.29, 1.82) is 0 Å². The highest BCUT2D eigenvalue weighted by atomic mass is 16.5. The summed E-state index contributed by atoms with van der Waals surface area (Å²) in [5, 5.41) is 9.48. The molecule has 0 fully saturated rings. The molecule has 1 N–H and O–H groups in total. The highest BCUT2D eigenvalue weighted by Gasteiger charge is 2.13. The lowest BCUT2D eigenvalue weighted by atomic mass is 10.0. The Morgan fingerprint density at radius 3 is 2.44 bits per heavy atom. The van der Waals surface area contributed by atoms with Crippen molar-refractivity contribution in [3.63, 3.8) is 0 Å². The molecule has 4 aromatic rings. The van der Waals surface area contributed by atoms with Gasteiger partial charge in [0, 0.05) is 17.2 Å². The fourth-order valence-corrected chi connectivity index (χ4v) is 3.46. The van der Waals surface area contributed by atoms with Gasteiger partial charge in [-0.3, -0.25) is 0 Å². The van der Waals surface area contributed by atoms with Gasteiger partial charge in [0.15, 0.2) is 0 Å². The Morgan fingerprint density at radius 2 is 1.62 bits per heavy atom. The number of nitrogens with zero attached hydrogens (tertiary/aromatic N) is 1. The summed E-state index contributed by atoms with van der Waals surface area (Å²) in [7, 11) is 0. The molecule has 0 aliphatic heterocycles. The summed E-state index contributed by atoms with van der Waals surface area (Å²) >= 11 is 0. The van der Waals surface area contributed by atoms with Gasteiger partial charge in [0.1, 0.15) is 19.0 Å². The van der Waals surface area contributed by atoms with Gasteiger partial charge in [-0.15, -0.1) is 0 Å². The number of hydrogen-bond acceptors (Lipinski definition) is 4. The molecule has 0 spiro atoms. The lowest BCUT2D eigenvalue weighted by molar-refractivity contribution is 0.0693. The van der Waals surface area contributed by atoms with Gasteiger partial charge in [-0.05, 0) is 36.2 Å². The first-order valence-electron chi connectivity index (χ1n) is 10.3. The smallest absolute Gasteiger partial charge is 0.336 e. The monoisotopic (exact) mass is 425 g/mol. The van der Waals surface area contributed by atoms with Crippen molar-refractivity contribution in [3.8, 4) is 22.9 Å². The average Bonchev–Trinajstić information content (AvgIpc) is 2.82. The van der Waals surface area contributed by atoms with Gasteiger partial charge in [-0.2, -0.15) is 0 Å². The van der Waals surface area contributed by atoms with Crippen molar-refractivity contribution in [3.05, 3.63) is 113 Å². The minimum atomic E-state index is -0.950. The number of carboxylic acid groups (broad SMARTS) is 1. The number of ether oxygens (including phenoxy) is 2. The van der Waals surface area contributed by atoms with Crippen LogP contribution in [0.1, 0.15) is 27.0 Å². The molecule has 1 aromatic heterocycles. The molecule has 3 aromatic carbocycles. The van der Waals surface area contributed by atoms with Crippen LogP contribution in [-0.4, -0.2) is 16.1 Å². The van der Waals surface area contributed by atoms with Gasteiger partial charge in [0.25, 0.3) is 0 Å². The van der Waals surface area contributed by atoms with Crippen LogP contribution in [0.5, 0.6) is 11.6 Å². The molecule has 0 unspecified atom stereocenters. The van der Waals surface area contributed by atoms with Crippen molar-refractivity contribution in [2.24, 2.45) is 0 Å². The molecule has 32 heavy (non-hydrogen) atoms. The Kier molecular flexibility index (Phi) is 6.46. The maximum Gasteiger partial charge on any atom is 0.336 e. The standard InChI is InChI=1S/C27H23NO4/c1-19-8-5-12-22(26(19)27(29)30)18-31-23-13-6-9-20(16-23)17-32-25-15-7-14-24(28-25)21-10-3-2-4-11-21/h2-16H,17-18H2,1H3,(H,29,30). The highest BCUT2D eigenvalue weighted by molar-refractivity contribution is 5.91. The normalized spacial score (nSPS) is 10.5. The van der Waals surface area contributed by atoms with Crippen LogP contribution < -0.4 is 9.47 Å². The summed E-state index contributed by atoms with van der Waals surface area (Å²) in [6, 6.07) is 28.6. The molecule has 0 saturated carbocycles. The van der Waals surface area contributed by atoms with E-state index in [-0.39, 0.29) is 12.2 Å². The van der Waals surface area contributed by atoms with Gasteiger partial charge >= 0.3 is 5.97 Å². The van der Waals surface area contributed by atoms with Crippen molar-refractivity contribution in [2.75, 3.05) is 0 Å². The Morgan fingerprint density at radius 1 is 0.844 bits per heavy atom. The second kappa shape index (κ2) is 9.79. The molecule has 160 valence electrons. The Balaban J connectivity index is 1.41. The number of carboxylic acids is 1. The molecule has 0 aliphatic carbocycles. The van der Waals surface area contributed by atoms with Gasteiger partial charge in [-0.25, -0.2) is 9.78 Å². The topological polar surface area (TPSA) is 68.7 Å². The predicted octanol–water partition coefficient (Wildman–Crippen LogP) is 5.91. The zero-order chi connectivity index (χ0) is 22.3. The Bertz CT molecular complexity index is 1220. The Hall–Kier alpha value is -4.12. The van der Waals surface area contributed by atoms with E-state index in [0.717, 1.165) is 16.8 Å². The van der Waals surface area contributed by atoms with Gasteiger partial charge in [0.05, 0.1) is 11.3 Å². The van der Waals surface area contributed by atoms with Gasteiger partial charge in [-0.1, -0.05) is 66.7 Å². The average molecular weight is 425 g/mol. The number of pyridine rings is 1. The van der Waals surface area contributed by atoms with Crippen LogP contribution >= 0.6 is 0 Å². The third-order valence-electron chi connectivity index (χ3n) is 5.05. The number of hydrogen-bond donors (Lipinski definition) is 1. The SMILES string of the molecule is Cc1cccc(COc2cccc(COc3cccc(-c4ccccc4)n3)c2)c1C(=O)O. The summed E-state index contributed by atoms with van der Waals surface area (Å²) < 4.78 is 11.8. The van der Waals surface area contributed by atoms with E-state index in [4.69, 9.17) is 9.47 Å². The van der Waals surface area contributed by atoms with Crippen molar-refractivity contribution in [2.45, 2.75) is 20.1 Å². The molecule has 0 radical (unpaired) electrons. The first-order chi connectivity index (χ1) is 15.6. The third kappa shape index (κ3) is 5.13. The van der Waals surface area contributed by atoms with Crippen molar-refractivity contribution >= 4 is 5.97 Å². The van der Waals surface area contributed by atoms with E-state index in [9.17, 15) is 9.90 Å². The van der Waals surface area contributed by atoms with E-state index in [0.29, 0.717) is 29.4 Å². The molecule has 0 amide bonds. The number of benzene rings is 3. The molecule has 0 atom stereocenters. The molecule has 0 bridgehead atoms. The van der Waals surface area contributed by atoms with Crippen LogP contribution in [0.15, 0.2) is 91.0 Å². The molecule has 0 aliphatic rings. The minimum absolute atomic E-state index is 0.175. The largest absolute Gasteiger partial charge is 0.489 e. The van der Waals surface area contributed by atoms with Crippen molar-refractivity contribution < 1.29 is 19.4 Å². The number of aryl methyl sites for hydroxylation is 1. The molecule has 4 rings (SSSR count). The molecule has 5 nitrogen and oxygen atoms in total. The number of carbonyl (C=O) groups is 1. The van der Waals surface area contributed by atoms with Crippen LogP contribution in [0.3, 0.4) is 0 Å². The zero-order valence-electron chi connectivity index (χ0n) is 17.7. The van der Waals surface area contributed by atoms with Gasteiger partial charge < -0.3 is 14.6 Å². The van der Waals surface area contributed by atoms with Crippen LogP contribution in [0, 0.1) is 6.92 Å². The summed E-state index contributed by atoms with van der Waals surface area (Å²) in [5.41, 5.74) is 4.46. The van der Waals surface area contributed by atoms with Crippen LogP contribution in [0.4, 0.5) is 0 Å². The van der Waals surface area contributed by atoms with Crippen molar-refractivity contribution in [1.82, 2.24) is 4.98 Å². The van der Waals surface area contributed by atoms with Crippen LogP contribution in [0.25, 0.3) is 11.3 Å². The number of rotatable bonds is 8. The van der Waals surface area contributed by atoms with E-state index < -0.39 is 5.97 Å². The van der Waals surface area contributed by atoms with E-state index in [1.54, 1.807) is 19.1 Å². The van der Waals surface area contributed by atoms with Crippen LogP contribution in [0.2, 0.25) is 0 Å². The molecule has 0 saturated heterocycles. The fraction of sp³-hybridized carbons (Fsp3) is 0.111. The van der Waals surface area contributed by atoms with E-state index >= 15 is 0 Å². The summed E-state index contributed by atoms with van der Waals surface area (Å²) in [6.07, 6.45) is 0. The Labute approximate surface area is 186 Å². The molecular weight excluding hydrogens is 402 g/mol. The summed E-state index contributed by atoms with van der Waals surface area (Å²) in [6.45, 7) is 2.30. The second-order valence-corrected chi connectivity index (χ2v) is 7.37. The molecule has 1 heterocycles. The van der Waals surface area contributed by atoms with Crippen LogP contribution in [-0.2, 0) is 13.2 Å². The second-order valence-electron chi connectivity index (χ2n) is 7.37. The molecular formula is C27H23NO4. The summed E-state index contributed by atoms with van der Waals surface area (Å²) in [4.78, 5) is 16.1. The number of aromatic nitrogens is 1. The predicted molar refractivity (Wildman–Crippen MR) is 123 cm³/mol. The lowest BCUT2D eigenvalue weighted by Gasteiger charge is -2.12. The maximum absolute atomic E-state index is 11.6. The van der Waals surface area contributed by atoms with E-state index in [1.165, 1.54) is 0 Å².